The third-order valence-electron chi connectivity index (χ3n) is 3.85. The SMILES string of the molecule is CC(C)CNc1nnc(SC(C)C(=O)N2CCc3ccccc32)s1. The van der Waals surface area contributed by atoms with Crippen molar-refractivity contribution in [3.63, 3.8) is 0 Å². The minimum atomic E-state index is -0.179. The first-order chi connectivity index (χ1) is 11.5. The molecule has 1 aliphatic rings. The van der Waals surface area contributed by atoms with E-state index < -0.39 is 0 Å². The number of rotatable bonds is 6. The molecule has 0 saturated heterocycles. The third-order valence-corrected chi connectivity index (χ3v) is 5.90. The number of fused-ring (bicyclic) bond motifs is 1. The Bertz CT molecular complexity index is 716. The largest absolute Gasteiger partial charge is 0.360 e. The van der Waals surface area contributed by atoms with Crippen LogP contribution in [0.3, 0.4) is 0 Å². The first kappa shape index (κ1) is 17.2. The molecule has 1 unspecified atom stereocenters. The Balaban J connectivity index is 1.61. The van der Waals surface area contributed by atoms with Gasteiger partial charge < -0.3 is 10.2 Å². The second kappa shape index (κ2) is 7.53. The quantitative estimate of drug-likeness (QED) is 0.795. The second-order valence-electron chi connectivity index (χ2n) is 6.28. The number of anilines is 2. The first-order valence-corrected chi connectivity index (χ1v) is 9.87. The summed E-state index contributed by atoms with van der Waals surface area (Å²) in [4.78, 5) is 14.7. The topological polar surface area (TPSA) is 58.1 Å². The summed E-state index contributed by atoms with van der Waals surface area (Å²) in [7, 11) is 0. The van der Waals surface area contributed by atoms with Crippen molar-refractivity contribution in [3.05, 3.63) is 29.8 Å². The lowest BCUT2D eigenvalue weighted by molar-refractivity contribution is -0.117. The number of carbonyl (C=O) groups excluding carboxylic acids is 1. The molecule has 3 rings (SSSR count). The zero-order valence-electron chi connectivity index (χ0n) is 14.2. The van der Waals surface area contributed by atoms with Crippen molar-refractivity contribution in [1.29, 1.82) is 0 Å². The number of thioether (sulfide) groups is 1. The Morgan fingerprint density at radius 1 is 1.33 bits per heavy atom. The molecule has 128 valence electrons. The molecule has 2 heterocycles. The molecule has 1 aromatic heterocycles. The number of hydrogen-bond acceptors (Lipinski definition) is 6. The molecule has 24 heavy (non-hydrogen) atoms. The summed E-state index contributed by atoms with van der Waals surface area (Å²) in [5.74, 6) is 0.692. The lowest BCUT2D eigenvalue weighted by Gasteiger charge is -2.20. The molecule has 1 aromatic carbocycles. The van der Waals surface area contributed by atoms with Crippen LogP contribution in [-0.2, 0) is 11.2 Å². The highest BCUT2D eigenvalue weighted by molar-refractivity contribution is 8.02. The highest BCUT2D eigenvalue weighted by atomic mass is 32.2. The van der Waals surface area contributed by atoms with E-state index in [0.29, 0.717) is 5.92 Å². The Morgan fingerprint density at radius 3 is 2.92 bits per heavy atom. The lowest BCUT2D eigenvalue weighted by atomic mass is 10.2. The molecule has 0 radical (unpaired) electrons. The van der Waals surface area contributed by atoms with Crippen LogP contribution in [0.5, 0.6) is 0 Å². The van der Waals surface area contributed by atoms with Crippen molar-refractivity contribution in [1.82, 2.24) is 10.2 Å². The van der Waals surface area contributed by atoms with Gasteiger partial charge in [0, 0.05) is 18.8 Å². The number of benzene rings is 1. The highest BCUT2D eigenvalue weighted by Crippen LogP contribution is 2.33. The number of nitrogens with one attached hydrogen (secondary N) is 1. The second-order valence-corrected chi connectivity index (χ2v) is 8.84. The summed E-state index contributed by atoms with van der Waals surface area (Å²) >= 11 is 2.99. The van der Waals surface area contributed by atoms with E-state index in [1.807, 2.05) is 30.0 Å². The fourth-order valence-electron chi connectivity index (χ4n) is 2.61. The van der Waals surface area contributed by atoms with Gasteiger partial charge in [0.2, 0.25) is 11.0 Å². The zero-order valence-corrected chi connectivity index (χ0v) is 15.8. The number of hydrogen-bond donors (Lipinski definition) is 1. The molecule has 1 N–H and O–H groups in total. The minimum Gasteiger partial charge on any atom is -0.360 e. The summed E-state index contributed by atoms with van der Waals surface area (Å²) in [5.41, 5.74) is 2.30. The zero-order chi connectivity index (χ0) is 17.1. The first-order valence-electron chi connectivity index (χ1n) is 8.18. The van der Waals surface area contributed by atoms with Crippen LogP contribution >= 0.6 is 23.1 Å². The van der Waals surface area contributed by atoms with Crippen molar-refractivity contribution in [3.8, 4) is 0 Å². The summed E-state index contributed by atoms with van der Waals surface area (Å²) in [6.45, 7) is 7.88. The van der Waals surface area contributed by atoms with E-state index in [2.05, 4.69) is 35.4 Å². The van der Waals surface area contributed by atoms with Gasteiger partial charge in [0.1, 0.15) is 0 Å². The molecule has 0 aliphatic carbocycles. The van der Waals surface area contributed by atoms with E-state index in [4.69, 9.17) is 0 Å². The van der Waals surface area contributed by atoms with Crippen LogP contribution in [0.2, 0.25) is 0 Å². The molecule has 1 atom stereocenters. The predicted octanol–water partition coefficient (Wildman–Crippen LogP) is 3.68. The highest BCUT2D eigenvalue weighted by Gasteiger charge is 2.28. The fourth-order valence-corrected chi connectivity index (χ4v) is 4.57. The molecule has 0 spiro atoms. The molecule has 0 fully saturated rings. The molecule has 7 heteroatoms. The van der Waals surface area contributed by atoms with Gasteiger partial charge in [-0.05, 0) is 30.9 Å². The van der Waals surface area contributed by atoms with Gasteiger partial charge in [0.15, 0.2) is 4.34 Å². The van der Waals surface area contributed by atoms with Crippen LogP contribution < -0.4 is 10.2 Å². The van der Waals surface area contributed by atoms with E-state index in [1.54, 1.807) is 0 Å². The van der Waals surface area contributed by atoms with Crippen molar-refractivity contribution in [2.24, 2.45) is 5.92 Å². The molecular weight excluding hydrogens is 340 g/mol. The molecular formula is C17H22N4OS2. The third kappa shape index (κ3) is 3.89. The summed E-state index contributed by atoms with van der Waals surface area (Å²) < 4.78 is 0.828. The fraction of sp³-hybridized carbons (Fsp3) is 0.471. The molecule has 2 aromatic rings. The van der Waals surface area contributed by atoms with Crippen LogP contribution in [0.4, 0.5) is 10.8 Å². The van der Waals surface area contributed by atoms with Gasteiger partial charge in [-0.3, -0.25) is 4.79 Å². The summed E-state index contributed by atoms with van der Waals surface area (Å²) in [6.07, 6.45) is 0.932. The number of nitrogens with zero attached hydrogens (tertiary/aromatic N) is 3. The average Bonchev–Trinajstić information content (AvgIpc) is 3.18. The standard InChI is InChI=1S/C17H22N4OS2/c1-11(2)10-18-16-19-20-17(24-16)23-12(3)15(22)21-9-8-13-6-4-5-7-14(13)21/h4-7,11-12H,8-10H2,1-3H3,(H,18,19). The van der Waals surface area contributed by atoms with Gasteiger partial charge in [0.25, 0.3) is 0 Å². The monoisotopic (exact) mass is 362 g/mol. The maximum Gasteiger partial charge on any atom is 0.240 e. The van der Waals surface area contributed by atoms with Crippen LogP contribution in [-0.4, -0.2) is 34.4 Å². The number of carbonyl (C=O) groups is 1. The Labute approximate surface area is 150 Å². The molecule has 1 amide bonds. The molecule has 0 saturated carbocycles. The summed E-state index contributed by atoms with van der Waals surface area (Å²) in [6, 6.07) is 8.13. The molecule has 5 nitrogen and oxygen atoms in total. The van der Waals surface area contributed by atoms with Crippen LogP contribution in [0.25, 0.3) is 0 Å². The van der Waals surface area contributed by atoms with E-state index in [0.717, 1.165) is 34.7 Å². The smallest absolute Gasteiger partial charge is 0.240 e. The van der Waals surface area contributed by atoms with E-state index in [9.17, 15) is 4.79 Å². The van der Waals surface area contributed by atoms with Gasteiger partial charge in [-0.2, -0.15) is 0 Å². The van der Waals surface area contributed by atoms with Gasteiger partial charge in [-0.25, -0.2) is 0 Å². The van der Waals surface area contributed by atoms with Crippen LogP contribution in [0.15, 0.2) is 28.6 Å². The maximum atomic E-state index is 12.8. The van der Waals surface area contributed by atoms with E-state index in [-0.39, 0.29) is 11.2 Å². The number of para-hydroxylation sites is 1. The van der Waals surface area contributed by atoms with Gasteiger partial charge >= 0.3 is 0 Å². The van der Waals surface area contributed by atoms with Gasteiger partial charge in [-0.15, -0.1) is 10.2 Å². The Kier molecular flexibility index (Phi) is 5.40. The van der Waals surface area contributed by atoms with Crippen LogP contribution in [0.1, 0.15) is 26.3 Å². The molecule has 0 bridgehead atoms. The van der Waals surface area contributed by atoms with Crippen molar-refractivity contribution in [2.45, 2.75) is 36.8 Å². The van der Waals surface area contributed by atoms with E-state index in [1.165, 1.54) is 28.7 Å². The van der Waals surface area contributed by atoms with Gasteiger partial charge in [-0.1, -0.05) is 55.1 Å². The summed E-state index contributed by atoms with van der Waals surface area (Å²) in [5, 5.41) is 12.2. The van der Waals surface area contributed by atoms with Crippen LogP contribution in [0, 0.1) is 5.92 Å². The maximum absolute atomic E-state index is 12.8. The van der Waals surface area contributed by atoms with Gasteiger partial charge in [0.05, 0.1) is 5.25 Å². The number of amides is 1. The van der Waals surface area contributed by atoms with Crippen molar-refractivity contribution >= 4 is 39.8 Å². The normalized spacial score (nSPS) is 14.8. The average molecular weight is 363 g/mol. The van der Waals surface area contributed by atoms with Crippen molar-refractivity contribution in [2.75, 3.05) is 23.3 Å². The predicted molar refractivity (Wildman–Crippen MR) is 101 cm³/mol. The number of aromatic nitrogens is 2. The molecule has 1 aliphatic heterocycles. The lowest BCUT2D eigenvalue weighted by Crippen LogP contribution is -2.35. The Morgan fingerprint density at radius 2 is 2.12 bits per heavy atom. The van der Waals surface area contributed by atoms with E-state index >= 15 is 0 Å². The van der Waals surface area contributed by atoms with Crippen molar-refractivity contribution < 1.29 is 4.79 Å². The Hall–Kier alpha value is -1.60. The minimum absolute atomic E-state index is 0.136.